The Hall–Kier alpha value is -4.58. The van der Waals surface area contributed by atoms with Gasteiger partial charge in [-0.25, -0.2) is 9.37 Å². The predicted molar refractivity (Wildman–Crippen MR) is 120 cm³/mol. The Balaban J connectivity index is 1.65. The van der Waals surface area contributed by atoms with E-state index in [1.165, 1.54) is 24.3 Å². The van der Waals surface area contributed by atoms with E-state index in [-0.39, 0.29) is 22.2 Å². The van der Waals surface area contributed by atoms with E-state index in [9.17, 15) is 14.0 Å². The van der Waals surface area contributed by atoms with Crippen LogP contribution >= 0.6 is 0 Å². The van der Waals surface area contributed by atoms with Gasteiger partial charge >= 0.3 is 0 Å². The van der Waals surface area contributed by atoms with Gasteiger partial charge in [0.05, 0.1) is 40.8 Å². The molecule has 2 heterocycles. The van der Waals surface area contributed by atoms with Crippen LogP contribution in [0.1, 0.15) is 43.4 Å². The van der Waals surface area contributed by atoms with Crippen LogP contribution in [0.4, 0.5) is 10.1 Å². The third kappa shape index (κ3) is 4.14. The van der Waals surface area contributed by atoms with Crippen molar-refractivity contribution < 1.29 is 14.0 Å². The number of primary amides is 1. The van der Waals surface area contributed by atoms with E-state index in [2.05, 4.69) is 21.5 Å². The van der Waals surface area contributed by atoms with Gasteiger partial charge in [0.15, 0.2) is 0 Å². The molecule has 0 aliphatic heterocycles. The largest absolute Gasteiger partial charge is 0.366 e. The molecule has 2 aromatic heterocycles. The summed E-state index contributed by atoms with van der Waals surface area (Å²) in [6.45, 7) is 4.00. The first-order valence-corrected chi connectivity index (χ1v) is 10.0. The van der Waals surface area contributed by atoms with E-state index < -0.39 is 17.6 Å². The van der Waals surface area contributed by atoms with Crippen molar-refractivity contribution in [2.45, 2.75) is 20.4 Å². The number of halogens is 1. The van der Waals surface area contributed by atoms with Crippen molar-refractivity contribution in [3.05, 3.63) is 88.1 Å². The molecule has 4 aromatic rings. The van der Waals surface area contributed by atoms with Crippen LogP contribution in [0.25, 0.3) is 10.9 Å². The van der Waals surface area contributed by atoms with Crippen molar-refractivity contribution in [1.82, 2.24) is 14.8 Å². The van der Waals surface area contributed by atoms with E-state index in [0.717, 1.165) is 5.56 Å². The number of nitrogens with two attached hydrogens (primary N) is 1. The molecule has 2 aromatic carbocycles. The number of para-hydroxylation sites is 1. The van der Waals surface area contributed by atoms with Gasteiger partial charge in [0, 0.05) is 5.39 Å². The molecule has 0 aliphatic carbocycles. The molecule has 0 spiro atoms. The molecule has 33 heavy (non-hydrogen) atoms. The van der Waals surface area contributed by atoms with Crippen molar-refractivity contribution in [3.8, 4) is 6.07 Å². The average molecular weight is 442 g/mol. The van der Waals surface area contributed by atoms with Gasteiger partial charge in [0.2, 0.25) is 5.91 Å². The van der Waals surface area contributed by atoms with Crippen LogP contribution in [0.5, 0.6) is 0 Å². The summed E-state index contributed by atoms with van der Waals surface area (Å²) < 4.78 is 16.0. The van der Waals surface area contributed by atoms with E-state index >= 15 is 0 Å². The maximum Gasteiger partial charge on any atom is 0.274 e. The highest BCUT2D eigenvalue weighted by molar-refractivity contribution is 6.10. The fourth-order valence-electron chi connectivity index (χ4n) is 3.60. The highest BCUT2D eigenvalue weighted by Gasteiger charge is 2.20. The maximum atomic E-state index is 14.3. The Labute approximate surface area is 188 Å². The molecule has 0 saturated carbocycles. The molecular formula is C24H19FN6O2. The number of nitriles is 1. The minimum Gasteiger partial charge on any atom is -0.366 e. The monoisotopic (exact) mass is 442 g/mol. The van der Waals surface area contributed by atoms with Crippen molar-refractivity contribution in [3.63, 3.8) is 0 Å². The zero-order valence-electron chi connectivity index (χ0n) is 17.9. The van der Waals surface area contributed by atoms with Crippen LogP contribution in [0, 0.1) is 31.0 Å². The van der Waals surface area contributed by atoms with Crippen LogP contribution in [0.2, 0.25) is 0 Å². The second-order valence-electron chi connectivity index (χ2n) is 7.52. The number of aromatic nitrogens is 3. The molecule has 0 radical (unpaired) electrons. The Bertz CT molecular complexity index is 1450. The summed E-state index contributed by atoms with van der Waals surface area (Å²) in [5, 5.41) is 16.4. The van der Waals surface area contributed by atoms with Crippen molar-refractivity contribution >= 4 is 28.4 Å². The molecule has 164 valence electrons. The number of hydrogen-bond acceptors (Lipinski definition) is 5. The van der Waals surface area contributed by atoms with E-state index in [4.69, 9.17) is 11.0 Å². The predicted octanol–water partition coefficient (Wildman–Crippen LogP) is 3.46. The molecule has 0 fully saturated rings. The Morgan fingerprint density at radius 2 is 1.91 bits per heavy atom. The zero-order chi connectivity index (χ0) is 23.7. The van der Waals surface area contributed by atoms with Gasteiger partial charge in [0.1, 0.15) is 17.0 Å². The summed E-state index contributed by atoms with van der Waals surface area (Å²) in [6.07, 6.45) is 0. The summed E-state index contributed by atoms with van der Waals surface area (Å²) in [5.41, 5.74) is 8.48. The van der Waals surface area contributed by atoms with Gasteiger partial charge in [-0.1, -0.05) is 24.3 Å². The van der Waals surface area contributed by atoms with Crippen LogP contribution in [0.3, 0.4) is 0 Å². The number of hydrogen-bond donors (Lipinski definition) is 2. The summed E-state index contributed by atoms with van der Waals surface area (Å²) in [4.78, 5) is 29.0. The summed E-state index contributed by atoms with van der Waals surface area (Å²) in [5.74, 6) is -2.07. The molecule has 3 N–H and O–H groups in total. The highest BCUT2D eigenvalue weighted by Crippen LogP contribution is 2.24. The normalized spacial score (nSPS) is 10.7. The van der Waals surface area contributed by atoms with Gasteiger partial charge in [-0.2, -0.15) is 10.4 Å². The van der Waals surface area contributed by atoms with Gasteiger partial charge in [-0.05, 0) is 43.7 Å². The number of fused-ring (bicyclic) bond motifs is 1. The SMILES string of the molecule is Cc1nn(Cc2ccc(C#N)cc2)c(C)c1NC(=O)c1cc(C(N)=O)c2cccc(F)c2n1. The number of amides is 2. The standard InChI is InChI=1S/C24H19FN6O2/c1-13-21(14(2)31(30-13)12-16-8-6-15(11-26)7-9-16)29-24(33)20-10-18(23(27)32)17-4-3-5-19(25)22(17)28-20/h3-10H,12H2,1-2H3,(H2,27,32)(H,29,33). The lowest BCUT2D eigenvalue weighted by Gasteiger charge is -2.10. The highest BCUT2D eigenvalue weighted by atomic mass is 19.1. The molecule has 0 unspecified atom stereocenters. The maximum absolute atomic E-state index is 14.3. The first kappa shape index (κ1) is 21.6. The molecule has 0 saturated heterocycles. The molecule has 0 aliphatic rings. The lowest BCUT2D eigenvalue weighted by atomic mass is 10.1. The molecule has 0 atom stereocenters. The number of nitrogens with one attached hydrogen (secondary N) is 1. The van der Waals surface area contributed by atoms with Gasteiger partial charge in [-0.3, -0.25) is 14.3 Å². The number of nitrogens with zero attached hydrogens (tertiary/aromatic N) is 4. The minimum atomic E-state index is -0.787. The van der Waals surface area contributed by atoms with E-state index in [1.807, 2.05) is 19.1 Å². The first-order valence-electron chi connectivity index (χ1n) is 10.0. The Morgan fingerprint density at radius 3 is 2.58 bits per heavy atom. The fraction of sp³-hybridized carbons (Fsp3) is 0.125. The van der Waals surface area contributed by atoms with Gasteiger partial charge in [0.25, 0.3) is 5.91 Å². The summed E-state index contributed by atoms with van der Waals surface area (Å²) >= 11 is 0. The van der Waals surface area contributed by atoms with Crippen molar-refractivity contribution in [2.75, 3.05) is 5.32 Å². The number of carbonyl (C=O) groups is 2. The number of anilines is 1. The molecular weight excluding hydrogens is 423 g/mol. The van der Waals surface area contributed by atoms with Gasteiger partial charge < -0.3 is 11.1 Å². The zero-order valence-corrected chi connectivity index (χ0v) is 17.9. The van der Waals surface area contributed by atoms with E-state index in [1.54, 1.807) is 23.7 Å². The summed E-state index contributed by atoms with van der Waals surface area (Å²) in [6, 6.07) is 14.6. The molecule has 8 nitrogen and oxygen atoms in total. The van der Waals surface area contributed by atoms with Crippen LogP contribution < -0.4 is 11.1 Å². The second-order valence-corrected chi connectivity index (χ2v) is 7.52. The van der Waals surface area contributed by atoms with Crippen LogP contribution in [-0.4, -0.2) is 26.6 Å². The lowest BCUT2D eigenvalue weighted by Crippen LogP contribution is -2.18. The smallest absolute Gasteiger partial charge is 0.274 e. The Kier molecular flexibility index (Phi) is 5.58. The number of carbonyl (C=O) groups excluding carboxylic acids is 2. The number of benzene rings is 2. The number of rotatable bonds is 5. The number of pyridine rings is 1. The quantitative estimate of drug-likeness (QED) is 0.489. The summed E-state index contributed by atoms with van der Waals surface area (Å²) in [7, 11) is 0. The molecule has 0 bridgehead atoms. The Morgan fingerprint density at radius 1 is 1.18 bits per heavy atom. The molecule has 4 rings (SSSR count). The number of aryl methyl sites for hydroxylation is 1. The third-order valence-electron chi connectivity index (χ3n) is 5.32. The van der Waals surface area contributed by atoms with Crippen molar-refractivity contribution in [1.29, 1.82) is 5.26 Å². The third-order valence-corrected chi connectivity index (χ3v) is 5.32. The minimum absolute atomic E-state index is 0.00889. The van der Waals surface area contributed by atoms with Gasteiger partial charge in [-0.15, -0.1) is 0 Å². The topological polar surface area (TPSA) is 127 Å². The van der Waals surface area contributed by atoms with Crippen molar-refractivity contribution in [2.24, 2.45) is 5.73 Å². The second kappa shape index (κ2) is 8.51. The van der Waals surface area contributed by atoms with Crippen LogP contribution in [-0.2, 0) is 6.54 Å². The van der Waals surface area contributed by atoms with Crippen LogP contribution in [0.15, 0.2) is 48.5 Å². The average Bonchev–Trinajstić information content (AvgIpc) is 3.06. The lowest BCUT2D eigenvalue weighted by molar-refractivity contribution is 0.100. The molecule has 2 amide bonds. The fourth-order valence-corrected chi connectivity index (χ4v) is 3.60. The first-order chi connectivity index (χ1) is 15.8. The molecule has 9 heteroatoms. The van der Waals surface area contributed by atoms with E-state index in [0.29, 0.717) is 29.2 Å².